The predicted octanol–water partition coefficient (Wildman–Crippen LogP) is 4.85. The van der Waals surface area contributed by atoms with E-state index in [0.29, 0.717) is 17.2 Å². The molecule has 1 aromatic rings. The second-order valence-electron chi connectivity index (χ2n) is 6.07. The molecule has 1 aliphatic carbocycles. The van der Waals surface area contributed by atoms with Crippen LogP contribution < -0.4 is 4.74 Å². The van der Waals surface area contributed by atoms with Crippen LogP contribution in [0.1, 0.15) is 62.5 Å². The number of benzene rings is 1. The van der Waals surface area contributed by atoms with E-state index in [4.69, 9.17) is 10.1 Å². The van der Waals surface area contributed by atoms with Gasteiger partial charge in [-0.15, -0.1) is 0 Å². The van der Waals surface area contributed by atoms with Crippen LogP contribution in [-0.2, 0) is 4.79 Å². The van der Waals surface area contributed by atoms with Crippen LogP contribution in [0.5, 0.6) is 5.75 Å². The minimum atomic E-state index is -0.490. The van der Waals surface area contributed by atoms with Crippen LogP contribution in [0, 0.1) is 11.3 Å². The maximum Gasteiger partial charge on any atom is 0.335 e. The molecule has 0 heterocycles. The van der Waals surface area contributed by atoms with Crippen molar-refractivity contribution in [1.82, 2.24) is 0 Å². The Balaban J connectivity index is 2.08. The average Bonchev–Trinajstić information content (AvgIpc) is 2.56. The van der Waals surface area contributed by atoms with Gasteiger partial charge in [0.2, 0.25) is 0 Å². The highest BCUT2D eigenvalue weighted by atomic mass is 16.5. The molecule has 0 saturated heterocycles. The van der Waals surface area contributed by atoms with E-state index in [1.807, 2.05) is 12.1 Å². The summed E-state index contributed by atoms with van der Waals surface area (Å²) in [5.41, 5.74) is 1.91. The number of carbonyl (C=O) groups excluding carboxylic acids is 1. The van der Waals surface area contributed by atoms with Gasteiger partial charge < -0.3 is 10.1 Å². The SMILES string of the molecule is C=CC(=O)Oc1ccc(C2CCC(CCC)CC2)cc1C=N. The van der Waals surface area contributed by atoms with Crippen molar-refractivity contribution < 1.29 is 9.53 Å². The van der Waals surface area contributed by atoms with Crippen LogP contribution in [0.15, 0.2) is 30.9 Å². The van der Waals surface area contributed by atoms with Crippen molar-refractivity contribution in [3.05, 3.63) is 42.0 Å². The summed E-state index contributed by atoms with van der Waals surface area (Å²) >= 11 is 0. The van der Waals surface area contributed by atoms with E-state index in [1.165, 1.54) is 50.3 Å². The number of ether oxygens (including phenoxy) is 1. The second kappa shape index (κ2) is 7.92. The minimum Gasteiger partial charge on any atom is -0.423 e. The first kappa shape index (κ1) is 16.5. The molecule has 0 bridgehead atoms. The summed E-state index contributed by atoms with van der Waals surface area (Å²) in [5.74, 6) is 1.39. The van der Waals surface area contributed by atoms with Crippen LogP contribution in [0.2, 0.25) is 0 Å². The second-order valence-corrected chi connectivity index (χ2v) is 6.07. The third kappa shape index (κ3) is 4.06. The molecule has 3 heteroatoms. The molecule has 0 radical (unpaired) electrons. The molecule has 118 valence electrons. The molecular weight excluding hydrogens is 274 g/mol. The van der Waals surface area contributed by atoms with Gasteiger partial charge in [-0.05, 0) is 55.2 Å². The first-order valence-electron chi connectivity index (χ1n) is 8.16. The van der Waals surface area contributed by atoms with E-state index in [0.717, 1.165) is 12.0 Å². The first-order valence-corrected chi connectivity index (χ1v) is 8.16. The summed E-state index contributed by atoms with van der Waals surface area (Å²) in [5, 5.41) is 7.54. The largest absolute Gasteiger partial charge is 0.423 e. The molecule has 0 unspecified atom stereocenters. The molecule has 1 aromatic carbocycles. The maximum atomic E-state index is 11.3. The molecule has 1 N–H and O–H groups in total. The molecule has 1 fully saturated rings. The highest BCUT2D eigenvalue weighted by Crippen LogP contribution is 2.38. The summed E-state index contributed by atoms with van der Waals surface area (Å²) in [6.07, 6.45) is 10.0. The quantitative estimate of drug-likeness (QED) is 0.353. The normalized spacial score (nSPS) is 21.1. The third-order valence-electron chi connectivity index (χ3n) is 4.58. The van der Waals surface area contributed by atoms with Crippen LogP contribution in [0.4, 0.5) is 0 Å². The van der Waals surface area contributed by atoms with Gasteiger partial charge in [0.05, 0.1) is 0 Å². The fraction of sp³-hybridized carbons (Fsp3) is 0.474. The Kier molecular flexibility index (Phi) is 5.93. The van der Waals surface area contributed by atoms with Crippen molar-refractivity contribution in [2.24, 2.45) is 5.92 Å². The molecule has 0 spiro atoms. The van der Waals surface area contributed by atoms with Crippen molar-refractivity contribution in [1.29, 1.82) is 5.41 Å². The van der Waals surface area contributed by atoms with Crippen LogP contribution in [0.25, 0.3) is 0 Å². The van der Waals surface area contributed by atoms with Crippen LogP contribution >= 0.6 is 0 Å². The Morgan fingerprint density at radius 2 is 2.09 bits per heavy atom. The van der Waals surface area contributed by atoms with Gasteiger partial charge in [-0.25, -0.2) is 4.79 Å². The number of carbonyl (C=O) groups is 1. The molecule has 0 atom stereocenters. The predicted molar refractivity (Wildman–Crippen MR) is 89.8 cm³/mol. The zero-order valence-electron chi connectivity index (χ0n) is 13.3. The molecule has 0 aromatic heterocycles. The summed E-state index contributed by atoms with van der Waals surface area (Å²) in [6.45, 7) is 5.65. The van der Waals surface area contributed by atoms with E-state index < -0.39 is 5.97 Å². The Morgan fingerprint density at radius 3 is 2.68 bits per heavy atom. The van der Waals surface area contributed by atoms with Gasteiger partial charge in [0.1, 0.15) is 5.75 Å². The lowest BCUT2D eigenvalue weighted by atomic mass is 9.77. The van der Waals surface area contributed by atoms with Gasteiger partial charge in [-0.2, -0.15) is 0 Å². The van der Waals surface area contributed by atoms with Gasteiger partial charge in [0.15, 0.2) is 0 Å². The van der Waals surface area contributed by atoms with Crippen LogP contribution in [0.3, 0.4) is 0 Å². The zero-order valence-corrected chi connectivity index (χ0v) is 13.3. The lowest BCUT2D eigenvalue weighted by molar-refractivity contribution is -0.128. The maximum absolute atomic E-state index is 11.3. The fourth-order valence-corrected chi connectivity index (χ4v) is 3.37. The molecule has 1 aliphatic rings. The number of rotatable bonds is 6. The first-order chi connectivity index (χ1) is 10.7. The Hall–Kier alpha value is -1.90. The molecule has 2 rings (SSSR count). The van der Waals surface area contributed by atoms with Gasteiger partial charge in [-0.1, -0.05) is 32.4 Å². The zero-order chi connectivity index (χ0) is 15.9. The molecule has 3 nitrogen and oxygen atoms in total. The number of nitrogens with one attached hydrogen (secondary N) is 1. The van der Waals surface area contributed by atoms with Crippen LogP contribution in [-0.4, -0.2) is 12.2 Å². The lowest BCUT2D eigenvalue weighted by Gasteiger charge is -2.29. The highest BCUT2D eigenvalue weighted by molar-refractivity contribution is 5.87. The van der Waals surface area contributed by atoms with Crippen molar-refractivity contribution in [3.63, 3.8) is 0 Å². The Morgan fingerprint density at radius 1 is 1.36 bits per heavy atom. The summed E-state index contributed by atoms with van der Waals surface area (Å²) < 4.78 is 5.17. The third-order valence-corrected chi connectivity index (χ3v) is 4.58. The van der Waals surface area contributed by atoms with Crippen molar-refractivity contribution in [2.45, 2.75) is 51.4 Å². The number of hydrogen-bond acceptors (Lipinski definition) is 3. The van der Waals surface area contributed by atoms with Crippen molar-refractivity contribution in [3.8, 4) is 5.75 Å². The standard InChI is InChI=1S/C19H25NO2/c1-3-5-14-6-8-15(9-7-14)16-10-11-18(17(12-16)13-20)22-19(21)4-2/h4,10-15,20H,2-3,5-9H2,1H3. The van der Waals surface area contributed by atoms with Gasteiger partial charge in [0.25, 0.3) is 0 Å². The van der Waals surface area contributed by atoms with Gasteiger partial charge in [-0.3, -0.25) is 0 Å². The van der Waals surface area contributed by atoms with E-state index >= 15 is 0 Å². The number of esters is 1. The van der Waals surface area contributed by atoms with E-state index in [9.17, 15) is 4.79 Å². The van der Waals surface area contributed by atoms with E-state index in [2.05, 4.69) is 13.5 Å². The summed E-state index contributed by atoms with van der Waals surface area (Å²) in [6, 6.07) is 5.82. The fourth-order valence-electron chi connectivity index (χ4n) is 3.37. The lowest BCUT2D eigenvalue weighted by Crippen LogP contribution is -2.13. The summed E-state index contributed by atoms with van der Waals surface area (Å²) in [7, 11) is 0. The molecule has 0 amide bonds. The number of hydrogen-bond donors (Lipinski definition) is 1. The van der Waals surface area contributed by atoms with Gasteiger partial charge in [0, 0.05) is 17.9 Å². The van der Waals surface area contributed by atoms with Crippen molar-refractivity contribution in [2.75, 3.05) is 0 Å². The topological polar surface area (TPSA) is 50.2 Å². The molecular formula is C19H25NO2. The van der Waals surface area contributed by atoms with E-state index in [1.54, 1.807) is 6.07 Å². The van der Waals surface area contributed by atoms with E-state index in [-0.39, 0.29) is 0 Å². The minimum absolute atomic E-state index is 0.434. The Labute approximate surface area is 132 Å². The monoisotopic (exact) mass is 299 g/mol. The Bertz CT molecular complexity index is 542. The smallest absolute Gasteiger partial charge is 0.335 e. The highest BCUT2D eigenvalue weighted by Gasteiger charge is 2.22. The average molecular weight is 299 g/mol. The molecule has 1 saturated carbocycles. The molecule has 0 aliphatic heterocycles. The summed E-state index contributed by atoms with van der Waals surface area (Å²) in [4.78, 5) is 11.3. The van der Waals surface area contributed by atoms with Crippen molar-refractivity contribution >= 4 is 12.2 Å². The van der Waals surface area contributed by atoms with Gasteiger partial charge >= 0.3 is 5.97 Å². The molecule has 22 heavy (non-hydrogen) atoms.